The highest BCUT2D eigenvalue weighted by atomic mass is 16.5. The Hall–Kier alpha value is -0.160. The van der Waals surface area contributed by atoms with Crippen molar-refractivity contribution < 1.29 is 9.47 Å². The number of ether oxygens (including phenoxy) is 2. The molecule has 1 fully saturated rings. The largest absolute Gasteiger partial charge is 0.380 e. The molecule has 1 heterocycles. The smallest absolute Gasteiger partial charge is 0.0593 e. The Bertz CT molecular complexity index is 188. The van der Waals surface area contributed by atoms with E-state index in [4.69, 9.17) is 9.47 Å². The number of nitrogens with one attached hydrogen (secondary N) is 1. The first-order chi connectivity index (χ1) is 8.77. The van der Waals surface area contributed by atoms with Crippen LogP contribution in [0.3, 0.4) is 0 Å². The Kier molecular flexibility index (Phi) is 8.59. The van der Waals surface area contributed by atoms with Gasteiger partial charge in [-0.1, -0.05) is 6.92 Å². The zero-order valence-electron chi connectivity index (χ0n) is 12.3. The van der Waals surface area contributed by atoms with Crippen LogP contribution in [0.5, 0.6) is 0 Å². The molecule has 0 radical (unpaired) electrons. The van der Waals surface area contributed by atoms with Gasteiger partial charge in [0.2, 0.25) is 0 Å². The SMILES string of the molecule is CCOCCN(CCOCC)CC(C)C1CNC1. The predicted molar refractivity (Wildman–Crippen MR) is 74.9 cm³/mol. The summed E-state index contributed by atoms with van der Waals surface area (Å²) in [6.07, 6.45) is 0. The van der Waals surface area contributed by atoms with Crippen molar-refractivity contribution >= 4 is 0 Å². The average molecular weight is 258 g/mol. The molecule has 108 valence electrons. The zero-order valence-corrected chi connectivity index (χ0v) is 12.3. The second kappa shape index (κ2) is 9.73. The molecule has 1 saturated heterocycles. The van der Waals surface area contributed by atoms with Crippen molar-refractivity contribution in [3.8, 4) is 0 Å². The van der Waals surface area contributed by atoms with E-state index in [0.29, 0.717) is 0 Å². The van der Waals surface area contributed by atoms with E-state index in [9.17, 15) is 0 Å². The Morgan fingerprint density at radius 1 is 1.11 bits per heavy atom. The van der Waals surface area contributed by atoms with E-state index in [-0.39, 0.29) is 0 Å². The Labute approximate surface area is 112 Å². The molecule has 1 unspecified atom stereocenters. The van der Waals surface area contributed by atoms with Crippen LogP contribution < -0.4 is 5.32 Å². The summed E-state index contributed by atoms with van der Waals surface area (Å²) in [5, 5.41) is 3.35. The molecule has 18 heavy (non-hydrogen) atoms. The second-order valence-electron chi connectivity index (χ2n) is 5.09. The van der Waals surface area contributed by atoms with Gasteiger partial charge in [0.1, 0.15) is 0 Å². The van der Waals surface area contributed by atoms with Crippen molar-refractivity contribution in [1.29, 1.82) is 0 Å². The highest BCUT2D eigenvalue weighted by Crippen LogP contribution is 2.16. The van der Waals surface area contributed by atoms with E-state index in [1.54, 1.807) is 0 Å². The van der Waals surface area contributed by atoms with Crippen molar-refractivity contribution in [3.63, 3.8) is 0 Å². The fraction of sp³-hybridized carbons (Fsp3) is 1.00. The first kappa shape index (κ1) is 15.9. The van der Waals surface area contributed by atoms with E-state index in [0.717, 1.165) is 57.9 Å². The molecular formula is C14H30N2O2. The van der Waals surface area contributed by atoms with Gasteiger partial charge >= 0.3 is 0 Å². The van der Waals surface area contributed by atoms with Crippen molar-refractivity contribution in [2.24, 2.45) is 11.8 Å². The Morgan fingerprint density at radius 3 is 2.06 bits per heavy atom. The van der Waals surface area contributed by atoms with Gasteiger partial charge in [0.15, 0.2) is 0 Å². The van der Waals surface area contributed by atoms with Crippen LogP contribution in [-0.2, 0) is 9.47 Å². The highest BCUT2D eigenvalue weighted by Gasteiger charge is 2.24. The van der Waals surface area contributed by atoms with Crippen molar-refractivity contribution in [3.05, 3.63) is 0 Å². The third-order valence-corrected chi connectivity index (χ3v) is 3.68. The topological polar surface area (TPSA) is 33.7 Å². The van der Waals surface area contributed by atoms with E-state index in [1.807, 2.05) is 13.8 Å². The summed E-state index contributed by atoms with van der Waals surface area (Å²) in [4.78, 5) is 2.48. The molecule has 0 aliphatic carbocycles. The maximum absolute atomic E-state index is 5.46. The summed E-state index contributed by atoms with van der Waals surface area (Å²) < 4.78 is 10.9. The van der Waals surface area contributed by atoms with Gasteiger partial charge in [0.05, 0.1) is 13.2 Å². The average Bonchev–Trinajstić information content (AvgIpc) is 2.27. The third kappa shape index (κ3) is 6.14. The molecule has 0 amide bonds. The molecule has 1 rings (SSSR count). The first-order valence-corrected chi connectivity index (χ1v) is 7.36. The minimum Gasteiger partial charge on any atom is -0.380 e. The molecule has 1 N–H and O–H groups in total. The van der Waals surface area contributed by atoms with Crippen LogP contribution in [0.4, 0.5) is 0 Å². The van der Waals surface area contributed by atoms with E-state index in [2.05, 4.69) is 17.1 Å². The lowest BCUT2D eigenvalue weighted by molar-refractivity contribution is 0.0679. The van der Waals surface area contributed by atoms with Gasteiger partial charge in [-0.25, -0.2) is 0 Å². The maximum atomic E-state index is 5.46. The molecule has 1 atom stereocenters. The molecule has 0 bridgehead atoms. The zero-order chi connectivity index (χ0) is 13.2. The fourth-order valence-corrected chi connectivity index (χ4v) is 2.24. The number of hydrogen-bond donors (Lipinski definition) is 1. The van der Waals surface area contributed by atoms with Crippen LogP contribution in [0.1, 0.15) is 20.8 Å². The van der Waals surface area contributed by atoms with Gasteiger partial charge in [0, 0.05) is 32.8 Å². The fourth-order valence-electron chi connectivity index (χ4n) is 2.24. The van der Waals surface area contributed by atoms with Crippen LogP contribution >= 0.6 is 0 Å². The minimum absolute atomic E-state index is 0.759. The summed E-state index contributed by atoms with van der Waals surface area (Å²) in [5.41, 5.74) is 0. The molecule has 0 aromatic rings. The number of hydrogen-bond acceptors (Lipinski definition) is 4. The lowest BCUT2D eigenvalue weighted by Crippen LogP contribution is -2.48. The van der Waals surface area contributed by atoms with Crippen LogP contribution in [0.25, 0.3) is 0 Å². The van der Waals surface area contributed by atoms with E-state index in [1.165, 1.54) is 13.1 Å². The van der Waals surface area contributed by atoms with Gasteiger partial charge in [-0.3, -0.25) is 4.90 Å². The number of nitrogens with zero attached hydrogens (tertiary/aromatic N) is 1. The molecule has 4 heteroatoms. The Morgan fingerprint density at radius 2 is 1.67 bits per heavy atom. The summed E-state index contributed by atoms with van der Waals surface area (Å²) in [6, 6.07) is 0. The predicted octanol–water partition coefficient (Wildman–Crippen LogP) is 1.22. The van der Waals surface area contributed by atoms with Gasteiger partial charge < -0.3 is 14.8 Å². The maximum Gasteiger partial charge on any atom is 0.0593 e. The molecule has 1 aliphatic rings. The van der Waals surface area contributed by atoms with E-state index >= 15 is 0 Å². The molecular weight excluding hydrogens is 228 g/mol. The molecule has 0 aromatic heterocycles. The lowest BCUT2D eigenvalue weighted by atomic mass is 9.88. The summed E-state index contributed by atoms with van der Waals surface area (Å²) in [7, 11) is 0. The van der Waals surface area contributed by atoms with Crippen LogP contribution in [0.15, 0.2) is 0 Å². The van der Waals surface area contributed by atoms with Gasteiger partial charge in [-0.15, -0.1) is 0 Å². The monoisotopic (exact) mass is 258 g/mol. The molecule has 0 aromatic carbocycles. The van der Waals surface area contributed by atoms with Gasteiger partial charge in [0.25, 0.3) is 0 Å². The van der Waals surface area contributed by atoms with Crippen molar-refractivity contribution in [1.82, 2.24) is 10.2 Å². The highest BCUT2D eigenvalue weighted by molar-refractivity contribution is 4.81. The molecule has 0 saturated carbocycles. The summed E-state index contributed by atoms with van der Waals surface area (Å²) in [6.45, 7) is 15.3. The van der Waals surface area contributed by atoms with Crippen molar-refractivity contribution in [2.45, 2.75) is 20.8 Å². The van der Waals surface area contributed by atoms with Crippen LogP contribution in [-0.4, -0.2) is 64.1 Å². The molecule has 1 aliphatic heterocycles. The normalized spacial score (nSPS) is 18.0. The van der Waals surface area contributed by atoms with Gasteiger partial charge in [-0.05, 0) is 38.8 Å². The van der Waals surface area contributed by atoms with Crippen molar-refractivity contribution in [2.75, 3.05) is 59.2 Å². The van der Waals surface area contributed by atoms with Gasteiger partial charge in [-0.2, -0.15) is 0 Å². The van der Waals surface area contributed by atoms with E-state index < -0.39 is 0 Å². The Balaban J connectivity index is 2.22. The quantitative estimate of drug-likeness (QED) is 0.565. The standard InChI is InChI=1S/C14H30N2O2/c1-4-17-8-6-16(7-9-18-5-2)12-13(3)14-10-15-11-14/h13-15H,4-12H2,1-3H3. The van der Waals surface area contributed by atoms with Crippen LogP contribution in [0.2, 0.25) is 0 Å². The number of rotatable bonds is 11. The lowest BCUT2D eigenvalue weighted by Gasteiger charge is -2.35. The van der Waals surface area contributed by atoms with Crippen LogP contribution in [0, 0.1) is 11.8 Å². The second-order valence-corrected chi connectivity index (χ2v) is 5.09. The molecule has 4 nitrogen and oxygen atoms in total. The first-order valence-electron chi connectivity index (χ1n) is 7.36. The molecule has 0 spiro atoms. The third-order valence-electron chi connectivity index (χ3n) is 3.68. The minimum atomic E-state index is 0.759. The summed E-state index contributed by atoms with van der Waals surface area (Å²) in [5.74, 6) is 1.61. The summed E-state index contributed by atoms with van der Waals surface area (Å²) >= 11 is 0.